The lowest BCUT2D eigenvalue weighted by atomic mass is 10.2. The summed E-state index contributed by atoms with van der Waals surface area (Å²) in [5.41, 5.74) is 3.33. The standard InChI is InChI=1S/C14H9BrFNO/c1-8-11(15)6-7-12-13(8)18-14(17-12)9-2-4-10(16)5-3-9/h2-7H,1H3. The van der Waals surface area contributed by atoms with Crippen LogP contribution in [0.25, 0.3) is 22.6 Å². The van der Waals surface area contributed by atoms with Crippen molar-refractivity contribution in [2.45, 2.75) is 6.92 Å². The van der Waals surface area contributed by atoms with Crippen LogP contribution < -0.4 is 0 Å². The molecular weight excluding hydrogens is 297 g/mol. The first-order valence-corrected chi connectivity index (χ1v) is 6.26. The first-order valence-electron chi connectivity index (χ1n) is 5.47. The number of nitrogens with zero attached hydrogens (tertiary/aromatic N) is 1. The minimum atomic E-state index is -0.270. The van der Waals surface area contributed by atoms with Gasteiger partial charge in [-0.1, -0.05) is 15.9 Å². The molecule has 1 aromatic heterocycles. The fourth-order valence-electron chi connectivity index (χ4n) is 1.82. The van der Waals surface area contributed by atoms with E-state index in [0.29, 0.717) is 5.89 Å². The number of rotatable bonds is 1. The Balaban J connectivity index is 2.19. The highest BCUT2D eigenvalue weighted by Gasteiger charge is 2.11. The number of halogens is 2. The minimum Gasteiger partial charge on any atom is -0.436 e. The summed E-state index contributed by atoms with van der Waals surface area (Å²) in [5, 5.41) is 0. The van der Waals surface area contributed by atoms with E-state index in [4.69, 9.17) is 4.42 Å². The molecule has 0 aliphatic rings. The van der Waals surface area contributed by atoms with Crippen LogP contribution in [0.4, 0.5) is 4.39 Å². The molecule has 0 saturated heterocycles. The zero-order chi connectivity index (χ0) is 12.7. The predicted octanol–water partition coefficient (Wildman–Crippen LogP) is 4.70. The van der Waals surface area contributed by atoms with Crippen LogP contribution in [-0.4, -0.2) is 4.98 Å². The van der Waals surface area contributed by atoms with Crippen molar-refractivity contribution in [3.63, 3.8) is 0 Å². The topological polar surface area (TPSA) is 26.0 Å². The van der Waals surface area contributed by atoms with Gasteiger partial charge >= 0.3 is 0 Å². The van der Waals surface area contributed by atoms with Crippen LogP contribution >= 0.6 is 15.9 Å². The molecule has 3 rings (SSSR count). The molecule has 0 aliphatic heterocycles. The summed E-state index contributed by atoms with van der Waals surface area (Å²) in [5.74, 6) is 0.236. The Labute approximate surface area is 112 Å². The molecule has 18 heavy (non-hydrogen) atoms. The van der Waals surface area contributed by atoms with Crippen molar-refractivity contribution in [3.05, 3.63) is 52.3 Å². The summed E-state index contributed by atoms with van der Waals surface area (Å²) < 4.78 is 19.6. The summed E-state index contributed by atoms with van der Waals surface area (Å²) in [6, 6.07) is 9.94. The van der Waals surface area contributed by atoms with Gasteiger partial charge in [0.1, 0.15) is 11.3 Å². The van der Waals surface area contributed by atoms with Crippen molar-refractivity contribution < 1.29 is 8.81 Å². The normalized spacial score (nSPS) is 11.1. The molecule has 90 valence electrons. The van der Waals surface area contributed by atoms with Crippen molar-refractivity contribution in [2.75, 3.05) is 0 Å². The number of benzene rings is 2. The van der Waals surface area contributed by atoms with E-state index in [-0.39, 0.29) is 5.82 Å². The molecule has 0 N–H and O–H groups in total. The van der Waals surface area contributed by atoms with Gasteiger partial charge in [0.2, 0.25) is 5.89 Å². The molecule has 0 unspecified atom stereocenters. The monoisotopic (exact) mass is 305 g/mol. The third-order valence-corrected chi connectivity index (χ3v) is 3.69. The molecule has 1 heterocycles. The second kappa shape index (κ2) is 4.21. The van der Waals surface area contributed by atoms with Crippen LogP contribution in [0.1, 0.15) is 5.56 Å². The SMILES string of the molecule is Cc1c(Br)ccc2nc(-c3ccc(F)cc3)oc12. The van der Waals surface area contributed by atoms with Gasteiger partial charge in [0.25, 0.3) is 0 Å². The third kappa shape index (κ3) is 1.82. The Kier molecular flexibility index (Phi) is 2.67. The zero-order valence-corrected chi connectivity index (χ0v) is 11.2. The smallest absolute Gasteiger partial charge is 0.227 e. The molecule has 0 bridgehead atoms. The van der Waals surface area contributed by atoms with Gasteiger partial charge < -0.3 is 4.42 Å². The second-order valence-electron chi connectivity index (χ2n) is 4.05. The third-order valence-electron chi connectivity index (χ3n) is 2.83. The van der Waals surface area contributed by atoms with Crippen LogP contribution in [0, 0.1) is 12.7 Å². The number of aromatic nitrogens is 1. The molecule has 4 heteroatoms. The molecule has 2 aromatic carbocycles. The van der Waals surface area contributed by atoms with Crippen LogP contribution in [-0.2, 0) is 0 Å². The van der Waals surface area contributed by atoms with Crippen molar-refractivity contribution in [1.82, 2.24) is 4.98 Å². The van der Waals surface area contributed by atoms with Gasteiger partial charge in [0.15, 0.2) is 5.58 Å². The molecule has 0 saturated carbocycles. The lowest BCUT2D eigenvalue weighted by molar-refractivity contribution is 0.614. The first-order chi connectivity index (χ1) is 8.65. The van der Waals surface area contributed by atoms with E-state index < -0.39 is 0 Å². The molecule has 0 fully saturated rings. The lowest BCUT2D eigenvalue weighted by Crippen LogP contribution is -1.78. The molecule has 0 radical (unpaired) electrons. The molecule has 0 aliphatic carbocycles. The molecule has 3 aromatic rings. The van der Waals surface area contributed by atoms with Crippen LogP contribution in [0.3, 0.4) is 0 Å². The summed E-state index contributed by atoms with van der Waals surface area (Å²) in [6.45, 7) is 1.96. The van der Waals surface area contributed by atoms with Gasteiger partial charge in [-0.15, -0.1) is 0 Å². The van der Waals surface area contributed by atoms with Gasteiger partial charge in [-0.2, -0.15) is 0 Å². The van der Waals surface area contributed by atoms with Gasteiger partial charge in [0, 0.05) is 15.6 Å². The quantitative estimate of drug-likeness (QED) is 0.651. The molecule has 0 amide bonds. The van der Waals surface area contributed by atoms with Crippen molar-refractivity contribution in [1.29, 1.82) is 0 Å². The summed E-state index contributed by atoms with van der Waals surface area (Å²) in [7, 11) is 0. The minimum absolute atomic E-state index is 0.270. The van der Waals surface area contributed by atoms with E-state index in [1.54, 1.807) is 12.1 Å². The number of fused-ring (bicyclic) bond motifs is 1. The Morgan fingerprint density at radius 1 is 1.11 bits per heavy atom. The number of hydrogen-bond acceptors (Lipinski definition) is 2. The van der Waals surface area contributed by atoms with E-state index in [0.717, 1.165) is 26.7 Å². The number of hydrogen-bond donors (Lipinski definition) is 0. The average Bonchev–Trinajstić information content (AvgIpc) is 2.80. The molecule has 0 atom stereocenters. The largest absolute Gasteiger partial charge is 0.436 e. The first kappa shape index (κ1) is 11.4. The van der Waals surface area contributed by atoms with Crippen molar-refractivity contribution in [3.8, 4) is 11.5 Å². The van der Waals surface area contributed by atoms with Gasteiger partial charge in [-0.3, -0.25) is 0 Å². The Bertz CT molecular complexity index is 718. The number of oxazole rings is 1. The highest BCUT2D eigenvalue weighted by Crippen LogP contribution is 2.30. The lowest BCUT2D eigenvalue weighted by Gasteiger charge is -1.96. The maximum atomic E-state index is 12.9. The van der Waals surface area contributed by atoms with Gasteiger partial charge in [-0.25, -0.2) is 9.37 Å². The highest BCUT2D eigenvalue weighted by atomic mass is 79.9. The summed E-state index contributed by atoms with van der Waals surface area (Å²) >= 11 is 3.45. The van der Waals surface area contributed by atoms with Gasteiger partial charge in [-0.05, 0) is 43.3 Å². The van der Waals surface area contributed by atoms with E-state index >= 15 is 0 Å². The maximum absolute atomic E-state index is 12.9. The fraction of sp³-hybridized carbons (Fsp3) is 0.0714. The average molecular weight is 306 g/mol. The Morgan fingerprint density at radius 2 is 1.83 bits per heavy atom. The molecule has 2 nitrogen and oxygen atoms in total. The van der Waals surface area contributed by atoms with E-state index in [9.17, 15) is 4.39 Å². The second-order valence-corrected chi connectivity index (χ2v) is 4.90. The van der Waals surface area contributed by atoms with Crippen LogP contribution in [0.15, 0.2) is 45.3 Å². The van der Waals surface area contributed by atoms with E-state index in [1.165, 1.54) is 12.1 Å². The van der Waals surface area contributed by atoms with Crippen LogP contribution in [0.5, 0.6) is 0 Å². The maximum Gasteiger partial charge on any atom is 0.227 e. The fourth-order valence-corrected chi connectivity index (χ4v) is 2.13. The van der Waals surface area contributed by atoms with Crippen molar-refractivity contribution in [2.24, 2.45) is 0 Å². The molecule has 0 spiro atoms. The van der Waals surface area contributed by atoms with Gasteiger partial charge in [0.05, 0.1) is 0 Å². The Morgan fingerprint density at radius 3 is 2.56 bits per heavy atom. The molecular formula is C14H9BrFNO. The predicted molar refractivity (Wildman–Crippen MR) is 71.8 cm³/mol. The summed E-state index contributed by atoms with van der Waals surface area (Å²) in [6.07, 6.45) is 0. The van der Waals surface area contributed by atoms with E-state index in [1.807, 2.05) is 19.1 Å². The highest BCUT2D eigenvalue weighted by molar-refractivity contribution is 9.10. The van der Waals surface area contributed by atoms with Crippen molar-refractivity contribution >= 4 is 27.0 Å². The zero-order valence-electron chi connectivity index (χ0n) is 9.58. The number of aryl methyl sites for hydroxylation is 1. The summed E-state index contributed by atoms with van der Waals surface area (Å²) in [4.78, 5) is 4.40. The van der Waals surface area contributed by atoms with E-state index in [2.05, 4.69) is 20.9 Å². The van der Waals surface area contributed by atoms with Crippen LogP contribution in [0.2, 0.25) is 0 Å². The Hall–Kier alpha value is -1.68.